The molecule has 0 radical (unpaired) electrons. The zero-order valence-electron chi connectivity index (χ0n) is 13.6. The van der Waals surface area contributed by atoms with Crippen LogP contribution in [0.25, 0.3) is 0 Å². The molecule has 1 fully saturated rings. The van der Waals surface area contributed by atoms with Crippen molar-refractivity contribution in [2.45, 2.75) is 45.8 Å². The van der Waals surface area contributed by atoms with E-state index in [0.717, 1.165) is 43.9 Å². The van der Waals surface area contributed by atoms with E-state index in [2.05, 4.69) is 15.0 Å². The van der Waals surface area contributed by atoms with Crippen LogP contribution in [0.4, 0.5) is 0 Å². The van der Waals surface area contributed by atoms with Crippen molar-refractivity contribution >= 4 is 5.91 Å². The molecule has 0 spiro atoms. The highest BCUT2D eigenvalue weighted by Crippen LogP contribution is 2.20. The third kappa shape index (κ3) is 3.79. The second-order valence-corrected chi connectivity index (χ2v) is 5.89. The van der Waals surface area contributed by atoms with Crippen LogP contribution in [-0.2, 0) is 24.3 Å². The molecule has 1 atom stereocenters. The predicted molar refractivity (Wildman–Crippen MR) is 82.3 cm³/mol. The zero-order chi connectivity index (χ0) is 16.2. The molecule has 124 valence electrons. The molecule has 7 heteroatoms. The Morgan fingerprint density at radius 3 is 3.04 bits per heavy atom. The number of amides is 1. The lowest BCUT2D eigenvalue weighted by atomic mass is 10.2. The van der Waals surface area contributed by atoms with Gasteiger partial charge in [-0.05, 0) is 6.42 Å². The Hall–Kier alpha value is -2.15. The molecule has 1 aliphatic rings. The van der Waals surface area contributed by atoms with Crippen LogP contribution in [0, 0.1) is 0 Å². The fourth-order valence-electron chi connectivity index (χ4n) is 2.99. The summed E-state index contributed by atoms with van der Waals surface area (Å²) in [6.45, 7) is 6.56. The largest absolute Gasteiger partial charge is 0.444 e. The molecule has 1 saturated heterocycles. The average Bonchev–Trinajstić information content (AvgIpc) is 3.26. The van der Waals surface area contributed by atoms with Crippen molar-refractivity contribution in [2.75, 3.05) is 13.1 Å². The topological polar surface area (TPSA) is 75.6 Å². The van der Waals surface area contributed by atoms with Gasteiger partial charge in [0.05, 0.1) is 18.4 Å². The van der Waals surface area contributed by atoms with Crippen LogP contribution in [-0.4, -0.2) is 45.0 Å². The Labute approximate surface area is 135 Å². The van der Waals surface area contributed by atoms with E-state index in [1.807, 2.05) is 17.9 Å². The fourth-order valence-corrected chi connectivity index (χ4v) is 2.99. The minimum atomic E-state index is 0.0505. The second-order valence-electron chi connectivity index (χ2n) is 5.89. The van der Waals surface area contributed by atoms with Gasteiger partial charge in [-0.25, -0.2) is 4.98 Å². The molecule has 3 rings (SSSR count). The van der Waals surface area contributed by atoms with Gasteiger partial charge in [-0.15, -0.1) is 0 Å². The van der Waals surface area contributed by atoms with Crippen LogP contribution in [0.15, 0.2) is 27.5 Å². The number of oxazole rings is 1. The molecule has 2 aromatic heterocycles. The maximum atomic E-state index is 12.0. The summed E-state index contributed by atoms with van der Waals surface area (Å²) in [5.74, 6) is 1.50. The highest BCUT2D eigenvalue weighted by atomic mass is 16.5. The summed E-state index contributed by atoms with van der Waals surface area (Å²) >= 11 is 0. The summed E-state index contributed by atoms with van der Waals surface area (Å²) in [7, 11) is 0. The number of rotatable bonds is 6. The Morgan fingerprint density at radius 1 is 1.52 bits per heavy atom. The van der Waals surface area contributed by atoms with Crippen LogP contribution in [0.3, 0.4) is 0 Å². The van der Waals surface area contributed by atoms with E-state index in [4.69, 9.17) is 8.94 Å². The molecular formula is C16H22N4O3. The summed E-state index contributed by atoms with van der Waals surface area (Å²) in [5, 5.41) is 3.94. The SMILES string of the molecule is CCc1cnc(CN(C(C)=O)[C@@H]2CCN(Cc3ccon3)C2)o1. The minimum absolute atomic E-state index is 0.0505. The van der Waals surface area contributed by atoms with Crippen LogP contribution in [0.5, 0.6) is 0 Å². The number of hydrogen-bond acceptors (Lipinski definition) is 6. The molecule has 0 aromatic carbocycles. The van der Waals surface area contributed by atoms with Gasteiger partial charge in [0.2, 0.25) is 11.8 Å². The number of carbonyl (C=O) groups is 1. The monoisotopic (exact) mass is 318 g/mol. The van der Waals surface area contributed by atoms with Crippen LogP contribution < -0.4 is 0 Å². The molecule has 2 aromatic rings. The van der Waals surface area contributed by atoms with E-state index >= 15 is 0 Å². The highest BCUT2D eigenvalue weighted by molar-refractivity contribution is 5.73. The van der Waals surface area contributed by atoms with Gasteiger partial charge in [0.25, 0.3) is 0 Å². The highest BCUT2D eigenvalue weighted by Gasteiger charge is 2.30. The molecule has 23 heavy (non-hydrogen) atoms. The summed E-state index contributed by atoms with van der Waals surface area (Å²) < 4.78 is 10.5. The van der Waals surface area contributed by atoms with E-state index in [1.54, 1.807) is 19.4 Å². The van der Waals surface area contributed by atoms with E-state index in [9.17, 15) is 4.79 Å². The number of carbonyl (C=O) groups excluding carboxylic acids is 1. The summed E-state index contributed by atoms with van der Waals surface area (Å²) in [5.41, 5.74) is 0.917. The smallest absolute Gasteiger partial charge is 0.220 e. The zero-order valence-corrected chi connectivity index (χ0v) is 13.6. The third-order valence-electron chi connectivity index (χ3n) is 4.23. The number of aromatic nitrogens is 2. The average molecular weight is 318 g/mol. The molecule has 7 nitrogen and oxygen atoms in total. The lowest BCUT2D eigenvalue weighted by Gasteiger charge is -2.26. The van der Waals surface area contributed by atoms with Crippen LogP contribution in [0.1, 0.15) is 37.6 Å². The molecule has 1 aliphatic heterocycles. The van der Waals surface area contributed by atoms with Crippen molar-refractivity contribution < 1.29 is 13.7 Å². The van der Waals surface area contributed by atoms with Crippen molar-refractivity contribution in [1.82, 2.24) is 19.9 Å². The number of aryl methyl sites for hydroxylation is 1. The van der Waals surface area contributed by atoms with Crippen molar-refractivity contribution in [3.63, 3.8) is 0 Å². The number of hydrogen-bond donors (Lipinski definition) is 0. The Morgan fingerprint density at radius 2 is 2.39 bits per heavy atom. The number of likely N-dealkylation sites (tertiary alicyclic amines) is 1. The van der Waals surface area contributed by atoms with Gasteiger partial charge in [-0.1, -0.05) is 12.1 Å². The van der Waals surface area contributed by atoms with Gasteiger partial charge in [0, 0.05) is 45.1 Å². The summed E-state index contributed by atoms with van der Waals surface area (Å²) in [6, 6.07) is 2.05. The Bertz CT molecular complexity index is 638. The van der Waals surface area contributed by atoms with Gasteiger partial charge in [0.1, 0.15) is 12.0 Å². The Kier molecular flexibility index (Phi) is 4.76. The van der Waals surface area contributed by atoms with Crippen LogP contribution >= 0.6 is 0 Å². The first-order chi connectivity index (χ1) is 11.2. The first-order valence-electron chi connectivity index (χ1n) is 7.98. The predicted octanol–water partition coefficient (Wildman–Crippen LogP) is 1.85. The quantitative estimate of drug-likeness (QED) is 0.809. The van der Waals surface area contributed by atoms with E-state index < -0.39 is 0 Å². The van der Waals surface area contributed by atoms with Crippen molar-refractivity contribution in [3.05, 3.63) is 35.9 Å². The van der Waals surface area contributed by atoms with Gasteiger partial charge in [-0.2, -0.15) is 0 Å². The Balaban J connectivity index is 1.61. The number of nitrogens with zero attached hydrogens (tertiary/aromatic N) is 4. The lowest BCUT2D eigenvalue weighted by molar-refractivity contribution is -0.132. The molecule has 0 bridgehead atoms. The minimum Gasteiger partial charge on any atom is -0.444 e. The van der Waals surface area contributed by atoms with Crippen LogP contribution in [0.2, 0.25) is 0 Å². The standard InChI is InChI=1S/C16H22N4O3/c1-3-15-8-17-16(23-15)11-20(12(2)21)14-4-6-19(10-14)9-13-5-7-22-18-13/h5,7-8,14H,3-4,6,9-11H2,1-2H3/t14-/m1/s1. The van der Waals surface area contributed by atoms with E-state index in [0.29, 0.717) is 12.4 Å². The summed E-state index contributed by atoms with van der Waals surface area (Å²) in [6.07, 6.45) is 5.07. The fraction of sp³-hybridized carbons (Fsp3) is 0.562. The third-order valence-corrected chi connectivity index (χ3v) is 4.23. The van der Waals surface area contributed by atoms with Crippen molar-refractivity contribution in [1.29, 1.82) is 0 Å². The normalized spacial score (nSPS) is 18.4. The van der Waals surface area contributed by atoms with E-state index in [-0.39, 0.29) is 11.9 Å². The van der Waals surface area contributed by atoms with Gasteiger partial charge >= 0.3 is 0 Å². The van der Waals surface area contributed by atoms with E-state index in [1.165, 1.54) is 0 Å². The molecule has 0 aliphatic carbocycles. The molecule has 1 amide bonds. The lowest BCUT2D eigenvalue weighted by Crippen LogP contribution is -2.40. The first-order valence-corrected chi connectivity index (χ1v) is 7.98. The maximum Gasteiger partial charge on any atom is 0.220 e. The van der Waals surface area contributed by atoms with Gasteiger partial charge < -0.3 is 13.8 Å². The summed E-state index contributed by atoms with van der Waals surface area (Å²) in [4.78, 5) is 20.4. The first kappa shape index (κ1) is 15.7. The van der Waals surface area contributed by atoms with Gasteiger partial charge in [-0.3, -0.25) is 9.69 Å². The second kappa shape index (κ2) is 6.95. The molecule has 3 heterocycles. The molecular weight excluding hydrogens is 296 g/mol. The maximum absolute atomic E-state index is 12.0. The molecule has 0 saturated carbocycles. The van der Waals surface area contributed by atoms with Crippen molar-refractivity contribution in [3.8, 4) is 0 Å². The molecule has 0 unspecified atom stereocenters. The molecule has 0 N–H and O–H groups in total. The van der Waals surface area contributed by atoms with Crippen molar-refractivity contribution in [2.24, 2.45) is 0 Å². The van der Waals surface area contributed by atoms with Gasteiger partial charge in [0.15, 0.2) is 0 Å².